The predicted octanol–water partition coefficient (Wildman–Crippen LogP) is 2.86. The van der Waals surface area contributed by atoms with E-state index < -0.39 is 0 Å². The second-order valence-corrected chi connectivity index (χ2v) is 6.25. The summed E-state index contributed by atoms with van der Waals surface area (Å²) in [5.41, 5.74) is 8.40. The molecule has 3 N–H and O–H groups in total. The van der Waals surface area contributed by atoms with Crippen LogP contribution in [0.2, 0.25) is 0 Å². The summed E-state index contributed by atoms with van der Waals surface area (Å²) in [6, 6.07) is 3.52. The first-order valence-corrected chi connectivity index (χ1v) is 7.99. The van der Waals surface area contributed by atoms with E-state index in [1.165, 1.54) is 0 Å². The second kappa shape index (κ2) is 6.30. The zero-order valence-electron chi connectivity index (χ0n) is 12.9. The largest absolute Gasteiger partial charge is 0.397 e. The van der Waals surface area contributed by atoms with Gasteiger partial charge < -0.3 is 16.0 Å². The Kier molecular flexibility index (Phi) is 4.67. The highest BCUT2D eigenvalue weighted by Crippen LogP contribution is 2.30. The van der Waals surface area contributed by atoms with E-state index in [1.54, 1.807) is 16.2 Å². The van der Waals surface area contributed by atoms with Gasteiger partial charge in [0.1, 0.15) is 6.04 Å². The molecule has 114 valence electrons. The smallest absolute Gasteiger partial charge is 0.244 e. The number of hydrogen-bond donors (Lipinski definition) is 2. The Labute approximate surface area is 129 Å². The molecule has 0 bridgehead atoms. The first-order chi connectivity index (χ1) is 9.96. The maximum atomic E-state index is 12.3. The number of nitrogens with one attached hydrogen (secondary N) is 1. The molecule has 6 heteroatoms. The number of nitrogens with two attached hydrogens (primary N) is 1. The number of benzene rings is 1. The first-order valence-electron chi connectivity index (χ1n) is 7.18. The van der Waals surface area contributed by atoms with Crippen LogP contribution >= 0.6 is 11.3 Å². The van der Waals surface area contributed by atoms with Gasteiger partial charge in [0.25, 0.3) is 0 Å². The van der Waals surface area contributed by atoms with Crippen LogP contribution in [0.25, 0.3) is 10.2 Å². The third kappa shape index (κ3) is 3.26. The van der Waals surface area contributed by atoms with Gasteiger partial charge in [-0.3, -0.25) is 4.79 Å². The molecule has 2 aromatic rings. The highest BCUT2D eigenvalue weighted by molar-refractivity contribution is 7.18. The summed E-state index contributed by atoms with van der Waals surface area (Å²) in [7, 11) is 0. The molecular weight excluding hydrogens is 284 g/mol. The summed E-state index contributed by atoms with van der Waals surface area (Å²) in [6.45, 7) is 9.21. The Hall–Kier alpha value is -1.82. The molecule has 1 aromatic heterocycles. The molecule has 1 amide bonds. The fourth-order valence-electron chi connectivity index (χ4n) is 2.33. The molecule has 0 radical (unpaired) electrons. The summed E-state index contributed by atoms with van der Waals surface area (Å²) in [4.78, 5) is 18.6. The van der Waals surface area contributed by atoms with Gasteiger partial charge in [-0.05, 0) is 39.8 Å². The van der Waals surface area contributed by atoms with E-state index in [0.29, 0.717) is 18.8 Å². The van der Waals surface area contributed by atoms with Crippen LogP contribution in [0.5, 0.6) is 0 Å². The van der Waals surface area contributed by atoms with Gasteiger partial charge >= 0.3 is 0 Å². The number of carbonyl (C=O) groups is 1. The lowest BCUT2D eigenvalue weighted by molar-refractivity contribution is -0.131. The van der Waals surface area contributed by atoms with E-state index >= 15 is 0 Å². The Morgan fingerprint density at radius 3 is 2.71 bits per heavy atom. The van der Waals surface area contributed by atoms with Crippen molar-refractivity contribution in [1.29, 1.82) is 0 Å². The molecule has 1 atom stereocenters. The molecule has 0 spiro atoms. The van der Waals surface area contributed by atoms with E-state index in [4.69, 9.17) is 5.73 Å². The van der Waals surface area contributed by atoms with Gasteiger partial charge in [0.15, 0.2) is 0 Å². The summed E-state index contributed by atoms with van der Waals surface area (Å²) in [6.07, 6.45) is 0. The van der Waals surface area contributed by atoms with Crippen molar-refractivity contribution >= 4 is 38.8 Å². The van der Waals surface area contributed by atoms with Crippen molar-refractivity contribution in [2.45, 2.75) is 33.7 Å². The second-order valence-electron chi connectivity index (χ2n) is 5.02. The maximum Gasteiger partial charge on any atom is 0.244 e. The highest BCUT2D eigenvalue weighted by Gasteiger charge is 2.19. The third-order valence-electron chi connectivity index (χ3n) is 3.48. The van der Waals surface area contributed by atoms with Crippen LogP contribution < -0.4 is 11.1 Å². The summed E-state index contributed by atoms with van der Waals surface area (Å²) in [5.74, 6) is 0.0777. The van der Waals surface area contributed by atoms with Crippen LogP contribution in [0.1, 0.15) is 25.8 Å². The average Bonchev–Trinajstić information content (AvgIpc) is 2.79. The fourth-order valence-corrected chi connectivity index (χ4v) is 3.19. The number of aryl methyl sites for hydroxylation is 1. The first kappa shape index (κ1) is 15.6. The van der Waals surface area contributed by atoms with Crippen LogP contribution in [-0.2, 0) is 4.79 Å². The quantitative estimate of drug-likeness (QED) is 0.833. The van der Waals surface area contributed by atoms with Gasteiger partial charge in [0.05, 0.1) is 26.6 Å². The molecule has 0 aliphatic carbocycles. The standard InChI is InChI=1S/C15H22N4OS/c1-5-19(6-2)15(20)9(3)17-12-8-13-14(7-11(12)16)21-10(4)18-13/h7-9,17H,5-6,16H2,1-4H3. The van der Waals surface area contributed by atoms with Crippen LogP contribution in [0.15, 0.2) is 12.1 Å². The fraction of sp³-hybridized carbons (Fsp3) is 0.467. The van der Waals surface area contributed by atoms with Crippen LogP contribution in [0, 0.1) is 6.92 Å². The molecule has 1 unspecified atom stereocenters. The minimum Gasteiger partial charge on any atom is -0.397 e. The Bertz CT molecular complexity index is 648. The number of carbonyl (C=O) groups excluding carboxylic acids is 1. The number of rotatable bonds is 5. The molecule has 0 aliphatic rings. The molecule has 1 heterocycles. The summed E-state index contributed by atoms with van der Waals surface area (Å²) >= 11 is 1.62. The number of fused-ring (bicyclic) bond motifs is 1. The number of amides is 1. The van der Waals surface area contributed by atoms with Crippen LogP contribution in [0.3, 0.4) is 0 Å². The number of aromatic nitrogens is 1. The topological polar surface area (TPSA) is 71.2 Å². The van der Waals surface area contributed by atoms with E-state index in [1.807, 2.05) is 39.8 Å². The number of thiazole rings is 1. The van der Waals surface area contributed by atoms with E-state index in [0.717, 1.165) is 20.9 Å². The molecule has 2 rings (SSSR count). The lowest BCUT2D eigenvalue weighted by Crippen LogP contribution is -2.41. The van der Waals surface area contributed by atoms with Gasteiger partial charge in [0, 0.05) is 13.1 Å². The molecule has 0 saturated heterocycles. The van der Waals surface area contributed by atoms with Gasteiger partial charge in [-0.15, -0.1) is 11.3 Å². The molecule has 21 heavy (non-hydrogen) atoms. The number of nitrogen functional groups attached to an aromatic ring is 1. The van der Waals surface area contributed by atoms with Crippen molar-refractivity contribution in [2.24, 2.45) is 0 Å². The van der Waals surface area contributed by atoms with E-state index in [2.05, 4.69) is 10.3 Å². The molecule has 5 nitrogen and oxygen atoms in total. The van der Waals surface area contributed by atoms with Gasteiger partial charge in [0.2, 0.25) is 5.91 Å². The maximum absolute atomic E-state index is 12.3. The minimum absolute atomic E-state index is 0.0777. The lowest BCUT2D eigenvalue weighted by atomic mass is 10.2. The number of anilines is 2. The molecule has 1 aromatic carbocycles. The van der Waals surface area contributed by atoms with Crippen molar-refractivity contribution in [3.63, 3.8) is 0 Å². The Balaban J connectivity index is 2.22. The predicted molar refractivity (Wildman–Crippen MR) is 89.8 cm³/mol. The molecule has 0 saturated carbocycles. The van der Waals surface area contributed by atoms with E-state index in [-0.39, 0.29) is 11.9 Å². The monoisotopic (exact) mass is 306 g/mol. The number of likely N-dealkylation sites (N-methyl/N-ethyl adjacent to an activating group) is 1. The Morgan fingerprint density at radius 1 is 1.43 bits per heavy atom. The third-order valence-corrected chi connectivity index (χ3v) is 4.42. The van der Waals surface area contributed by atoms with Crippen LogP contribution in [-0.4, -0.2) is 34.9 Å². The van der Waals surface area contributed by atoms with Gasteiger partial charge in [-0.2, -0.15) is 0 Å². The molecule has 0 fully saturated rings. The van der Waals surface area contributed by atoms with Crippen molar-refractivity contribution in [3.8, 4) is 0 Å². The summed E-state index contributed by atoms with van der Waals surface area (Å²) in [5, 5.41) is 4.22. The van der Waals surface area contributed by atoms with Gasteiger partial charge in [-0.25, -0.2) is 4.98 Å². The lowest BCUT2D eigenvalue weighted by Gasteiger charge is -2.24. The van der Waals surface area contributed by atoms with E-state index in [9.17, 15) is 4.79 Å². The van der Waals surface area contributed by atoms with Crippen molar-refractivity contribution in [2.75, 3.05) is 24.1 Å². The SMILES string of the molecule is CCN(CC)C(=O)C(C)Nc1cc2nc(C)sc2cc1N. The van der Waals surface area contributed by atoms with Crippen molar-refractivity contribution < 1.29 is 4.79 Å². The number of hydrogen-bond acceptors (Lipinski definition) is 5. The molecule has 0 aliphatic heterocycles. The molecular formula is C15H22N4OS. The Morgan fingerprint density at radius 2 is 2.10 bits per heavy atom. The van der Waals surface area contributed by atoms with Gasteiger partial charge in [-0.1, -0.05) is 0 Å². The minimum atomic E-state index is -0.315. The van der Waals surface area contributed by atoms with Crippen molar-refractivity contribution in [1.82, 2.24) is 9.88 Å². The zero-order valence-corrected chi connectivity index (χ0v) is 13.8. The summed E-state index contributed by atoms with van der Waals surface area (Å²) < 4.78 is 1.07. The highest BCUT2D eigenvalue weighted by atomic mass is 32.1. The van der Waals surface area contributed by atoms with Crippen molar-refractivity contribution in [3.05, 3.63) is 17.1 Å². The number of nitrogens with zero attached hydrogens (tertiary/aromatic N) is 2. The van der Waals surface area contributed by atoms with Crippen LogP contribution in [0.4, 0.5) is 11.4 Å². The zero-order chi connectivity index (χ0) is 15.6. The normalized spacial score (nSPS) is 12.4. The average molecular weight is 306 g/mol.